The molecule has 0 amide bonds. The van der Waals surface area contributed by atoms with Gasteiger partial charge in [-0.25, -0.2) is 0 Å². The van der Waals surface area contributed by atoms with Crippen LogP contribution in [0.2, 0.25) is 0 Å². The van der Waals surface area contributed by atoms with E-state index in [0.29, 0.717) is 0 Å². The molecule has 0 saturated heterocycles. The minimum absolute atomic E-state index is 0.721. The van der Waals surface area contributed by atoms with Crippen molar-refractivity contribution in [2.45, 2.75) is 11.8 Å². The first-order valence-electron chi connectivity index (χ1n) is 4.83. The largest absolute Gasteiger partial charge is 0.398 e. The van der Waals surface area contributed by atoms with Crippen molar-refractivity contribution in [2.75, 3.05) is 5.73 Å². The number of hydrogen-bond acceptors (Lipinski definition) is 2. The summed E-state index contributed by atoms with van der Waals surface area (Å²) < 4.78 is 0. The van der Waals surface area contributed by atoms with Crippen molar-refractivity contribution in [3.8, 4) is 11.1 Å². The van der Waals surface area contributed by atoms with Crippen LogP contribution in [0.15, 0.2) is 47.4 Å². The van der Waals surface area contributed by atoms with Crippen LogP contribution in [0.25, 0.3) is 11.1 Å². The second-order valence-electron chi connectivity index (χ2n) is 3.56. The molecule has 2 heteroatoms. The Hall–Kier alpha value is -1.41. The van der Waals surface area contributed by atoms with Gasteiger partial charge >= 0.3 is 0 Å². The summed E-state index contributed by atoms with van der Waals surface area (Å²) in [6.45, 7) is 2.09. The summed E-state index contributed by atoms with van der Waals surface area (Å²) in [6.07, 6.45) is 0. The quantitative estimate of drug-likeness (QED) is 0.552. The van der Waals surface area contributed by atoms with Gasteiger partial charge < -0.3 is 5.73 Å². The van der Waals surface area contributed by atoms with E-state index in [1.54, 1.807) is 0 Å². The van der Waals surface area contributed by atoms with Gasteiger partial charge in [0.1, 0.15) is 0 Å². The molecule has 76 valence electrons. The lowest BCUT2D eigenvalue weighted by Gasteiger charge is -2.09. The van der Waals surface area contributed by atoms with Gasteiger partial charge in [-0.3, -0.25) is 0 Å². The van der Waals surface area contributed by atoms with Gasteiger partial charge in [0.05, 0.1) is 0 Å². The Morgan fingerprint density at radius 1 is 0.933 bits per heavy atom. The zero-order valence-electron chi connectivity index (χ0n) is 8.57. The highest BCUT2D eigenvalue weighted by molar-refractivity contribution is 7.80. The van der Waals surface area contributed by atoms with Crippen LogP contribution in [0.3, 0.4) is 0 Å². The average molecular weight is 215 g/mol. The van der Waals surface area contributed by atoms with Gasteiger partial charge in [0.15, 0.2) is 0 Å². The molecule has 0 saturated carbocycles. The number of hydrogen-bond donors (Lipinski definition) is 2. The Morgan fingerprint density at radius 2 is 1.60 bits per heavy atom. The average Bonchev–Trinajstić information content (AvgIpc) is 2.23. The topological polar surface area (TPSA) is 26.0 Å². The Kier molecular flexibility index (Phi) is 2.69. The molecule has 0 aliphatic carbocycles. The van der Waals surface area contributed by atoms with E-state index in [-0.39, 0.29) is 0 Å². The first-order chi connectivity index (χ1) is 7.20. The third kappa shape index (κ3) is 1.85. The molecule has 15 heavy (non-hydrogen) atoms. The molecule has 0 bridgehead atoms. The van der Waals surface area contributed by atoms with Crippen molar-refractivity contribution in [1.29, 1.82) is 0 Å². The normalized spacial score (nSPS) is 10.3. The summed E-state index contributed by atoms with van der Waals surface area (Å²) in [5.41, 5.74) is 10.1. The second kappa shape index (κ2) is 3.99. The van der Waals surface area contributed by atoms with Gasteiger partial charge in [-0.15, -0.1) is 12.6 Å². The lowest BCUT2D eigenvalue weighted by molar-refractivity contribution is 1.40. The molecule has 0 heterocycles. The standard InChI is InChI=1S/C13H13NS/c1-9-5-2-3-6-10(9)11-7-4-8-12(14)13(11)15/h2-8,15H,14H2,1H3. The molecule has 0 unspecified atom stereocenters. The van der Waals surface area contributed by atoms with Gasteiger partial charge in [0.2, 0.25) is 0 Å². The van der Waals surface area contributed by atoms with Crippen LogP contribution in [0, 0.1) is 6.92 Å². The predicted molar refractivity (Wildman–Crippen MR) is 68.3 cm³/mol. The zero-order chi connectivity index (χ0) is 10.8. The maximum absolute atomic E-state index is 5.83. The minimum atomic E-state index is 0.721. The maximum atomic E-state index is 5.83. The number of aryl methyl sites for hydroxylation is 1. The zero-order valence-corrected chi connectivity index (χ0v) is 9.46. The summed E-state index contributed by atoms with van der Waals surface area (Å²) in [5.74, 6) is 0. The molecule has 2 rings (SSSR count). The molecule has 0 atom stereocenters. The molecule has 2 aromatic carbocycles. The smallest absolute Gasteiger partial charge is 0.0455 e. The van der Waals surface area contributed by atoms with Crippen LogP contribution in [0.4, 0.5) is 5.69 Å². The fourth-order valence-corrected chi connectivity index (χ4v) is 1.92. The molecule has 0 aliphatic heterocycles. The van der Waals surface area contributed by atoms with E-state index >= 15 is 0 Å². The molecule has 0 radical (unpaired) electrons. The van der Waals surface area contributed by atoms with Crippen molar-refractivity contribution in [1.82, 2.24) is 0 Å². The van der Waals surface area contributed by atoms with Crippen LogP contribution < -0.4 is 5.73 Å². The third-order valence-corrected chi connectivity index (χ3v) is 3.00. The van der Waals surface area contributed by atoms with Crippen molar-refractivity contribution in [2.24, 2.45) is 0 Å². The van der Waals surface area contributed by atoms with Gasteiger partial charge in [-0.2, -0.15) is 0 Å². The van der Waals surface area contributed by atoms with E-state index in [0.717, 1.165) is 16.1 Å². The Bertz CT molecular complexity index is 492. The SMILES string of the molecule is Cc1ccccc1-c1cccc(N)c1S. The molecule has 0 spiro atoms. The molecule has 2 aromatic rings. The summed E-state index contributed by atoms with van der Waals surface area (Å²) in [4.78, 5) is 0.854. The van der Waals surface area contributed by atoms with Crippen LogP contribution >= 0.6 is 12.6 Å². The number of benzene rings is 2. The Morgan fingerprint density at radius 3 is 2.33 bits per heavy atom. The highest BCUT2D eigenvalue weighted by atomic mass is 32.1. The van der Waals surface area contributed by atoms with E-state index in [4.69, 9.17) is 5.73 Å². The molecule has 0 aromatic heterocycles. The monoisotopic (exact) mass is 215 g/mol. The molecular weight excluding hydrogens is 202 g/mol. The fourth-order valence-electron chi connectivity index (χ4n) is 1.65. The summed E-state index contributed by atoms with van der Waals surface area (Å²) in [6, 6.07) is 14.1. The first-order valence-corrected chi connectivity index (χ1v) is 5.28. The Balaban J connectivity index is 2.65. The Labute approximate surface area is 95.3 Å². The molecule has 0 fully saturated rings. The third-order valence-electron chi connectivity index (χ3n) is 2.50. The number of nitrogens with two attached hydrogens (primary N) is 1. The van der Waals surface area contributed by atoms with Gasteiger partial charge in [0, 0.05) is 10.6 Å². The van der Waals surface area contributed by atoms with E-state index in [2.05, 4.69) is 31.7 Å². The fraction of sp³-hybridized carbons (Fsp3) is 0.0769. The summed E-state index contributed by atoms with van der Waals surface area (Å²) >= 11 is 4.44. The van der Waals surface area contributed by atoms with E-state index < -0.39 is 0 Å². The van der Waals surface area contributed by atoms with Crippen LogP contribution in [0.1, 0.15) is 5.56 Å². The molecule has 1 nitrogen and oxygen atoms in total. The van der Waals surface area contributed by atoms with Gasteiger partial charge in [-0.1, -0.05) is 36.4 Å². The number of nitrogen functional groups attached to an aromatic ring is 1. The van der Waals surface area contributed by atoms with E-state index in [1.807, 2.05) is 30.3 Å². The second-order valence-corrected chi connectivity index (χ2v) is 4.01. The molecular formula is C13H13NS. The number of thiol groups is 1. The van der Waals surface area contributed by atoms with Crippen LogP contribution in [0.5, 0.6) is 0 Å². The van der Waals surface area contributed by atoms with Crippen molar-refractivity contribution in [3.05, 3.63) is 48.0 Å². The van der Waals surface area contributed by atoms with Crippen molar-refractivity contribution >= 4 is 18.3 Å². The predicted octanol–water partition coefficient (Wildman–Crippen LogP) is 3.53. The van der Waals surface area contributed by atoms with Gasteiger partial charge in [0.25, 0.3) is 0 Å². The number of anilines is 1. The molecule has 0 aliphatic rings. The number of rotatable bonds is 1. The van der Waals surface area contributed by atoms with Crippen molar-refractivity contribution < 1.29 is 0 Å². The lowest BCUT2D eigenvalue weighted by Crippen LogP contribution is -1.90. The lowest BCUT2D eigenvalue weighted by atomic mass is 10.0. The van der Waals surface area contributed by atoms with Crippen molar-refractivity contribution in [3.63, 3.8) is 0 Å². The maximum Gasteiger partial charge on any atom is 0.0455 e. The summed E-state index contributed by atoms with van der Waals surface area (Å²) in [7, 11) is 0. The summed E-state index contributed by atoms with van der Waals surface area (Å²) in [5, 5.41) is 0. The van der Waals surface area contributed by atoms with Crippen LogP contribution in [-0.4, -0.2) is 0 Å². The first kappa shape index (κ1) is 10.1. The van der Waals surface area contributed by atoms with E-state index in [9.17, 15) is 0 Å². The minimum Gasteiger partial charge on any atom is -0.398 e. The highest BCUT2D eigenvalue weighted by Crippen LogP contribution is 2.32. The van der Waals surface area contributed by atoms with E-state index in [1.165, 1.54) is 11.1 Å². The van der Waals surface area contributed by atoms with Crippen LogP contribution in [-0.2, 0) is 0 Å². The molecule has 2 N–H and O–H groups in total. The highest BCUT2D eigenvalue weighted by Gasteiger charge is 2.06. The van der Waals surface area contributed by atoms with Gasteiger partial charge in [-0.05, 0) is 29.7 Å².